The number of hydrogen-bond donors (Lipinski definition) is 2. The van der Waals surface area contributed by atoms with Crippen LogP contribution in [0.4, 0.5) is 0 Å². The molecule has 13 heteroatoms. The van der Waals surface area contributed by atoms with Crippen molar-refractivity contribution < 1.29 is 29.0 Å². The van der Waals surface area contributed by atoms with E-state index in [2.05, 4.69) is 4.98 Å². The summed E-state index contributed by atoms with van der Waals surface area (Å²) in [4.78, 5) is 72.4. The van der Waals surface area contributed by atoms with E-state index in [1.807, 2.05) is 24.8 Å². The number of carboxylic acids is 1. The van der Waals surface area contributed by atoms with E-state index in [0.29, 0.717) is 17.2 Å². The summed E-state index contributed by atoms with van der Waals surface area (Å²) in [5.74, 6) is -3.52. The predicted octanol–water partition coefficient (Wildman–Crippen LogP) is 4.45. The van der Waals surface area contributed by atoms with Gasteiger partial charge in [0.2, 0.25) is 11.8 Å². The third kappa shape index (κ3) is 5.11. The Labute approximate surface area is 273 Å². The first-order valence-corrected chi connectivity index (χ1v) is 17.8. The molecule has 8 atom stereocenters. The minimum absolute atomic E-state index is 0.0118. The van der Waals surface area contributed by atoms with Gasteiger partial charge in [-0.25, -0.2) is 4.79 Å². The number of aromatic amines is 1. The van der Waals surface area contributed by atoms with E-state index in [1.165, 1.54) is 0 Å². The molecule has 2 aliphatic carbocycles. The second-order valence-corrected chi connectivity index (χ2v) is 16.0. The second-order valence-electron chi connectivity index (χ2n) is 13.4. The molecule has 240 valence electrons. The van der Waals surface area contributed by atoms with Gasteiger partial charge in [-0.3, -0.25) is 24.1 Å². The Bertz CT molecular complexity index is 1620. The van der Waals surface area contributed by atoms with Crippen molar-refractivity contribution in [2.24, 2.45) is 35.5 Å². The van der Waals surface area contributed by atoms with Crippen LogP contribution in [0.3, 0.4) is 0 Å². The number of amides is 3. The van der Waals surface area contributed by atoms with E-state index in [-0.39, 0.29) is 64.6 Å². The van der Waals surface area contributed by atoms with E-state index in [0.717, 1.165) is 64.1 Å². The number of piperidine rings is 1. The molecule has 4 fully saturated rings. The lowest BCUT2D eigenvalue weighted by Gasteiger charge is -2.43. The molecule has 3 amide bonds. The van der Waals surface area contributed by atoms with E-state index in [4.69, 9.17) is 16.3 Å². The zero-order valence-corrected chi connectivity index (χ0v) is 27.5. The van der Waals surface area contributed by atoms with Crippen molar-refractivity contribution >= 4 is 58.4 Å². The summed E-state index contributed by atoms with van der Waals surface area (Å²) in [5, 5.41) is 11.2. The van der Waals surface area contributed by atoms with Gasteiger partial charge < -0.3 is 19.7 Å². The fourth-order valence-corrected chi connectivity index (χ4v) is 11.8. The average Bonchev–Trinajstić information content (AvgIpc) is 3.74. The van der Waals surface area contributed by atoms with Crippen LogP contribution in [0.1, 0.15) is 62.3 Å². The zero-order valence-electron chi connectivity index (χ0n) is 25.1. The van der Waals surface area contributed by atoms with Crippen LogP contribution >= 0.6 is 34.7 Å². The van der Waals surface area contributed by atoms with Gasteiger partial charge in [0.15, 0.2) is 6.61 Å². The van der Waals surface area contributed by atoms with Crippen LogP contribution < -0.4 is 9.61 Å². The van der Waals surface area contributed by atoms with Crippen molar-refractivity contribution in [3.05, 3.63) is 43.3 Å². The molecule has 45 heavy (non-hydrogen) atoms. The van der Waals surface area contributed by atoms with Gasteiger partial charge in [0.25, 0.3) is 5.91 Å². The van der Waals surface area contributed by atoms with Crippen LogP contribution in [0.25, 0.3) is 0 Å². The number of H-pyrrole nitrogens is 1. The van der Waals surface area contributed by atoms with E-state index in [1.54, 1.807) is 23.9 Å². The highest BCUT2D eigenvalue weighted by molar-refractivity contribution is 8.00. The number of nitrogens with one attached hydrogen (secondary N) is 1. The topological polar surface area (TPSA) is 137 Å². The smallest absolute Gasteiger partial charge is 0.326 e. The molecule has 2 saturated carbocycles. The molecule has 0 radical (unpaired) electrons. The molecule has 3 aliphatic heterocycles. The number of thioether (sulfide) groups is 1. The molecule has 2 aromatic rings. The van der Waals surface area contributed by atoms with Gasteiger partial charge in [-0.1, -0.05) is 36.8 Å². The normalized spacial score (nSPS) is 30.8. The third-order valence-corrected chi connectivity index (χ3v) is 13.2. The summed E-state index contributed by atoms with van der Waals surface area (Å²) in [6, 6.07) is 4.12. The maximum atomic E-state index is 14.0. The van der Waals surface area contributed by atoms with Crippen molar-refractivity contribution in [1.29, 1.82) is 0 Å². The summed E-state index contributed by atoms with van der Waals surface area (Å²) < 4.78 is 6.21. The number of ether oxygens (including phenoxy) is 1. The Balaban J connectivity index is 1.25. The van der Waals surface area contributed by atoms with Crippen LogP contribution in [0.5, 0.6) is 5.75 Å². The number of benzene rings is 1. The number of nitrogens with zero attached hydrogens (tertiary/aromatic N) is 2. The maximum absolute atomic E-state index is 14.0. The van der Waals surface area contributed by atoms with Gasteiger partial charge in [0.05, 0.1) is 16.9 Å². The van der Waals surface area contributed by atoms with Gasteiger partial charge in [0.1, 0.15) is 11.8 Å². The molecular formula is C32H36ClN3O7S2. The number of thiazole rings is 1. The van der Waals surface area contributed by atoms with E-state index in [9.17, 15) is 29.1 Å². The fraction of sp³-hybridized carbons (Fsp3) is 0.594. The average molecular weight is 674 g/mol. The summed E-state index contributed by atoms with van der Waals surface area (Å²) in [6.45, 7) is 5.08. The predicted molar refractivity (Wildman–Crippen MR) is 169 cm³/mol. The van der Waals surface area contributed by atoms with Gasteiger partial charge in [0, 0.05) is 39.7 Å². The lowest BCUT2D eigenvalue weighted by atomic mass is 9.68. The monoisotopic (exact) mass is 673 g/mol. The molecule has 5 aliphatic rings. The first kappa shape index (κ1) is 30.8. The van der Waals surface area contributed by atoms with Crippen LogP contribution in [0.15, 0.2) is 28.0 Å². The number of fused-ring (bicyclic) bond motifs is 9. The number of aromatic nitrogens is 1. The molecule has 10 nitrogen and oxygen atoms in total. The number of carbonyl (C=O) groups excluding carboxylic acids is 3. The molecule has 2 saturated heterocycles. The van der Waals surface area contributed by atoms with Gasteiger partial charge in [-0.15, -0.1) is 11.8 Å². The van der Waals surface area contributed by atoms with Crippen LogP contribution in [0, 0.1) is 35.5 Å². The number of halogens is 1. The minimum Gasteiger partial charge on any atom is -0.483 e. The second kappa shape index (κ2) is 11.8. The van der Waals surface area contributed by atoms with Gasteiger partial charge >= 0.3 is 10.8 Å². The molecule has 4 heterocycles. The highest BCUT2D eigenvalue weighted by Crippen LogP contribution is 2.69. The van der Waals surface area contributed by atoms with Crippen molar-refractivity contribution in [2.45, 2.75) is 68.2 Å². The number of hydrogen-bond acceptors (Lipinski definition) is 8. The number of rotatable bonds is 8. The largest absolute Gasteiger partial charge is 0.483 e. The van der Waals surface area contributed by atoms with Crippen molar-refractivity contribution in [3.63, 3.8) is 0 Å². The van der Waals surface area contributed by atoms with Crippen LogP contribution in [-0.4, -0.2) is 74.6 Å². The Morgan fingerprint density at radius 2 is 1.80 bits per heavy atom. The molecule has 1 aromatic heterocycles. The number of likely N-dealkylation sites (tertiary alicyclic amines) is 2. The standard InChI is InChI=1S/C32H36ClN3O7S2/c1-14(2)10-19(31(40)41)36-29(38)24-17-12-18(25(24)30(36)39)26-23(17)22(27-28(44-26)34-32(42)45-27)16-11-15(33)6-7-20(16)43-13-21(37)35-8-4-3-5-9-35/h6-7,11,14,17-19,22-26H,3-5,8-10,12-13H2,1-2H3,(H,34,42)(H,40,41)/t17?,18?,19?,22-,23?,24?,25?,26?/m1/s1. The van der Waals surface area contributed by atoms with Gasteiger partial charge in [-0.05, 0) is 74.0 Å². The first-order chi connectivity index (χ1) is 21.5. The molecule has 1 aromatic carbocycles. The SMILES string of the molecule is CC(C)CC(C(=O)O)N1C(=O)C2C3CC(C2C1=O)C1C3Sc2[nH]c(=O)sc2[C@@H]1c1cc(Cl)ccc1OCC(=O)N1CCCCC1. The summed E-state index contributed by atoms with van der Waals surface area (Å²) >= 11 is 9.25. The zero-order chi connectivity index (χ0) is 31.7. The Morgan fingerprint density at radius 3 is 2.49 bits per heavy atom. The van der Waals surface area contributed by atoms with E-state index >= 15 is 0 Å². The fourth-order valence-electron chi connectivity index (χ4n) is 8.73. The lowest BCUT2D eigenvalue weighted by Crippen LogP contribution is -2.47. The number of imide groups is 1. The van der Waals surface area contributed by atoms with E-state index < -0.39 is 29.8 Å². The molecule has 2 bridgehead atoms. The molecular weight excluding hydrogens is 638 g/mol. The maximum Gasteiger partial charge on any atom is 0.326 e. The number of carboxylic acid groups (broad SMARTS) is 1. The summed E-state index contributed by atoms with van der Waals surface area (Å²) in [5.41, 5.74) is 0.752. The molecule has 2 N–H and O–H groups in total. The molecule has 7 unspecified atom stereocenters. The Hall–Kier alpha value is -2.83. The minimum atomic E-state index is -1.19. The molecule has 0 spiro atoms. The summed E-state index contributed by atoms with van der Waals surface area (Å²) in [6.07, 6.45) is 3.93. The highest BCUT2D eigenvalue weighted by Gasteiger charge is 2.70. The molecule has 7 rings (SSSR count). The quantitative estimate of drug-likeness (QED) is 0.392. The van der Waals surface area contributed by atoms with Crippen molar-refractivity contribution in [1.82, 2.24) is 14.8 Å². The van der Waals surface area contributed by atoms with Crippen molar-refractivity contribution in [3.8, 4) is 5.75 Å². The highest BCUT2D eigenvalue weighted by atomic mass is 35.5. The van der Waals surface area contributed by atoms with Gasteiger partial charge in [-0.2, -0.15) is 0 Å². The van der Waals surface area contributed by atoms with Crippen molar-refractivity contribution in [2.75, 3.05) is 19.7 Å². The first-order valence-electron chi connectivity index (χ1n) is 15.7. The lowest BCUT2D eigenvalue weighted by molar-refractivity contribution is -0.156. The summed E-state index contributed by atoms with van der Waals surface area (Å²) in [7, 11) is 0. The van der Waals surface area contributed by atoms with Crippen LogP contribution in [0.2, 0.25) is 5.02 Å². The Morgan fingerprint density at radius 1 is 1.09 bits per heavy atom. The Kier molecular flexibility index (Phi) is 8.05. The third-order valence-electron chi connectivity index (χ3n) is 10.4. The number of aliphatic carboxylic acids is 1. The number of carbonyl (C=O) groups is 4. The van der Waals surface area contributed by atoms with Crippen LogP contribution in [-0.2, 0) is 19.2 Å².